The Hall–Kier alpha value is -1.32. The first kappa shape index (κ1) is 14.1. The Morgan fingerprint density at radius 1 is 1.00 bits per heavy atom. The smallest absolute Gasteiger partial charge is 0.127 e. The van der Waals surface area contributed by atoms with Gasteiger partial charge in [0.25, 0.3) is 0 Å². The SMILES string of the molecule is CCNC(C)c1ccc(Oc2ccc(Br)cc2)cc1. The van der Waals surface area contributed by atoms with Gasteiger partial charge in [0, 0.05) is 10.5 Å². The van der Waals surface area contributed by atoms with E-state index >= 15 is 0 Å². The van der Waals surface area contributed by atoms with Gasteiger partial charge in [0.05, 0.1) is 0 Å². The van der Waals surface area contributed by atoms with Crippen LogP contribution in [0.3, 0.4) is 0 Å². The van der Waals surface area contributed by atoms with E-state index in [1.54, 1.807) is 0 Å². The van der Waals surface area contributed by atoms with E-state index < -0.39 is 0 Å². The molecule has 19 heavy (non-hydrogen) atoms. The summed E-state index contributed by atoms with van der Waals surface area (Å²) < 4.78 is 6.84. The van der Waals surface area contributed by atoms with Crippen LogP contribution in [0.4, 0.5) is 0 Å². The van der Waals surface area contributed by atoms with Crippen LogP contribution < -0.4 is 10.1 Å². The van der Waals surface area contributed by atoms with Crippen LogP contribution in [-0.4, -0.2) is 6.54 Å². The minimum Gasteiger partial charge on any atom is -0.457 e. The molecule has 1 atom stereocenters. The number of nitrogens with one attached hydrogen (secondary N) is 1. The number of hydrogen-bond acceptors (Lipinski definition) is 2. The molecule has 0 aliphatic rings. The second-order valence-corrected chi connectivity index (χ2v) is 5.32. The molecule has 2 aromatic carbocycles. The Balaban J connectivity index is 2.04. The highest BCUT2D eigenvalue weighted by Gasteiger charge is 2.04. The fourth-order valence-electron chi connectivity index (χ4n) is 1.89. The first-order valence-electron chi connectivity index (χ1n) is 6.46. The summed E-state index contributed by atoms with van der Waals surface area (Å²) in [6, 6.07) is 16.4. The maximum absolute atomic E-state index is 5.79. The molecule has 2 aromatic rings. The first-order chi connectivity index (χ1) is 9.19. The van der Waals surface area contributed by atoms with Crippen molar-refractivity contribution >= 4 is 15.9 Å². The lowest BCUT2D eigenvalue weighted by molar-refractivity contribution is 0.482. The molecule has 100 valence electrons. The fraction of sp³-hybridized carbons (Fsp3) is 0.250. The third kappa shape index (κ3) is 4.08. The normalized spacial score (nSPS) is 12.2. The van der Waals surface area contributed by atoms with E-state index in [2.05, 4.69) is 47.2 Å². The van der Waals surface area contributed by atoms with Crippen molar-refractivity contribution in [2.24, 2.45) is 0 Å². The van der Waals surface area contributed by atoms with E-state index in [0.717, 1.165) is 22.5 Å². The zero-order chi connectivity index (χ0) is 13.7. The van der Waals surface area contributed by atoms with Crippen molar-refractivity contribution in [3.63, 3.8) is 0 Å². The molecule has 0 heterocycles. The fourth-order valence-corrected chi connectivity index (χ4v) is 2.15. The number of halogens is 1. The summed E-state index contributed by atoms with van der Waals surface area (Å²) in [4.78, 5) is 0. The molecule has 3 heteroatoms. The lowest BCUT2D eigenvalue weighted by Gasteiger charge is -2.13. The zero-order valence-corrected chi connectivity index (χ0v) is 12.8. The van der Waals surface area contributed by atoms with Gasteiger partial charge in [-0.25, -0.2) is 0 Å². The molecule has 0 radical (unpaired) electrons. The molecule has 0 aromatic heterocycles. The molecule has 0 bridgehead atoms. The Labute approximate surface area is 122 Å². The third-order valence-electron chi connectivity index (χ3n) is 2.94. The molecule has 0 aliphatic carbocycles. The highest BCUT2D eigenvalue weighted by atomic mass is 79.9. The zero-order valence-electron chi connectivity index (χ0n) is 11.2. The molecular weight excluding hydrogens is 302 g/mol. The maximum atomic E-state index is 5.79. The Bertz CT molecular complexity index is 507. The molecule has 0 amide bonds. The molecule has 0 aliphatic heterocycles. The maximum Gasteiger partial charge on any atom is 0.127 e. The molecule has 0 saturated carbocycles. The minimum absolute atomic E-state index is 0.367. The van der Waals surface area contributed by atoms with Crippen molar-refractivity contribution in [3.05, 3.63) is 58.6 Å². The highest BCUT2D eigenvalue weighted by molar-refractivity contribution is 9.10. The molecular formula is C16H18BrNO. The van der Waals surface area contributed by atoms with Crippen molar-refractivity contribution in [1.29, 1.82) is 0 Å². The summed E-state index contributed by atoms with van der Waals surface area (Å²) in [5.74, 6) is 1.70. The van der Waals surface area contributed by atoms with Crippen LogP contribution in [0.5, 0.6) is 11.5 Å². The number of benzene rings is 2. The van der Waals surface area contributed by atoms with Gasteiger partial charge >= 0.3 is 0 Å². The Morgan fingerprint density at radius 3 is 2.05 bits per heavy atom. The number of ether oxygens (including phenoxy) is 1. The van der Waals surface area contributed by atoms with Gasteiger partial charge in [0.1, 0.15) is 11.5 Å². The van der Waals surface area contributed by atoms with Crippen molar-refractivity contribution in [2.45, 2.75) is 19.9 Å². The summed E-state index contributed by atoms with van der Waals surface area (Å²) in [7, 11) is 0. The van der Waals surface area contributed by atoms with Crippen molar-refractivity contribution in [2.75, 3.05) is 6.54 Å². The molecule has 0 fully saturated rings. The molecule has 2 rings (SSSR count). The molecule has 0 spiro atoms. The largest absolute Gasteiger partial charge is 0.457 e. The van der Waals surface area contributed by atoms with Crippen LogP contribution in [0.15, 0.2) is 53.0 Å². The van der Waals surface area contributed by atoms with Gasteiger partial charge in [-0.3, -0.25) is 0 Å². The van der Waals surface area contributed by atoms with E-state index in [-0.39, 0.29) is 0 Å². The van der Waals surface area contributed by atoms with Crippen molar-refractivity contribution in [1.82, 2.24) is 5.32 Å². The average molecular weight is 320 g/mol. The van der Waals surface area contributed by atoms with Gasteiger partial charge in [-0.1, -0.05) is 35.0 Å². The standard InChI is InChI=1S/C16H18BrNO/c1-3-18-12(2)13-4-8-15(9-5-13)19-16-10-6-14(17)7-11-16/h4-12,18H,3H2,1-2H3. The molecule has 1 unspecified atom stereocenters. The first-order valence-corrected chi connectivity index (χ1v) is 7.25. The summed E-state index contributed by atoms with van der Waals surface area (Å²) in [5, 5.41) is 3.39. The second-order valence-electron chi connectivity index (χ2n) is 4.40. The minimum atomic E-state index is 0.367. The average Bonchev–Trinajstić information content (AvgIpc) is 2.42. The van der Waals surface area contributed by atoms with Crippen LogP contribution in [-0.2, 0) is 0 Å². The monoisotopic (exact) mass is 319 g/mol. The van der Waals surface area contributed by atoms with E-state index in [4.69, 9.17) is 4.74 Å². The van der Waals surface area contributed by atoms with Crippen LogP contribution >= 0.6 is 15.9 Å². The van der Waals surface area contributed by atoms with Crippen molar-refractivity contribution < 1.29 is 4.74 Å². The van der Waals surface area contributed by atoms with Gasteiger partial charge in [0.2, 0.25) is 0 Å². The predicted octanol–water partition coefficient (Wildman–Crippen LogP) is 4.91. The number of rotatable bonds is 5. The highest BCUT2D eigenvalue weighted by Crippen LogP contribution is 2.24. The van der Waals surface area contributed by atoms with Gasteiger partial charge in [0.15, 0.2) is 0 Å². The van der Waals surface area contributed by atoms with Crippen LogP contribution in [0.1, 0.15) is 25.5 Å². The van der Waals surface area contributed by atoms with E-state index in [9.17, 15) is 0 Å². The molecule has 2 nitrogen and oxygen atoms in total. The van der Waals surface area contributed by atoms with Gasteiger partial charge in [-0.15, -0.1) is 0 Å². The summed E-state index contributed by atoms with van der Waals surface area (Å²) in [6.45, 7) is 5.24. The van der Waals surface area contributed by atoms with E-state index in [1.807, 2.05) is 36.4 Å². The lowest BCUT2D eigenvalue weighted by atomic mass is 10.1. The van der Waals surface area contributed by atoms with Gasteiger partial charge < -0.3 is 10.1 Å². The quantitative estimate of drug-likeness (QED) is 0.845. The van der Waals surface area contributed by atoms with Crippen LogP contribution in [0, 0.1) is 0 Å². The summed E-state index contributed by atoms with van der Waals surface area (Å²) >= 11 is 3.41. The van der Waals surface area contributed by atoms with Crippen molar-refractivity contribution in [3.8, 4) is 11.5 Å². The number of hydrogen-bond donors (Lipinski definition) is 1. The summed E-state index contributed by atoms with van der Waals surface area (Å²) in [6.07, 6.45) is 0. The van der Waals surface area contributed by atoms with Crippen LogP contribution in [0.2, 0.25) is 0 Å². The Morgan fingerprint density at radius 2 is 1.53 bits per heavy atom. The van der Waals surface area contributed by atoms with E-state index in [0.29, 0.717) is 6.04 Å². The molecule has 0 saturated heterocycles. The molecule has 1 N–H and O–H groups in total. The summed E-state index contributed by atoms with van der Waals surface area (Å²) in [5.41, 5.74) is 1.27. The Kier molecular flexibility index (Phi) is 5.00. The van der Waals surface area contributed by atoms with E-state index in [1.165, 1.54) is 5.56 Å². The second kappa shape index (κ2) is 6.73. The third-order valence-corrected chi connectivity index (χ3v) is 3.47. The van der Waals surface area contributed by atoms with Crippen LogP contribution in [0.25, 0.3) is 0 Å². The van der Waals surface area contributed by atoms with Gasteiger partial charge in [-0.2, -0.15) is 0 Å². The lowest BCUT2D eigenvalue weighted by Crippen LogP contribution is -2.17. The predicted molar refractivity (Wildman–Crippen MR) is 82.7 cm³/mol. The van der Waals surface area contributed by atoms with Gasteiger partial charge in [-0.05, 0) is 55.4 Å². The topological polar surface area (TPSA) is 21.3 Å².